The highest BCUT2D eigenvalue weighted by Gasteiger charge is 2.23. The summed E-state index contributed by atoms with van der Waals surface area (Å²) in [6.07, 6.45) is 7.85. The minimum Gasteiger partial charge on any atom is -0.353 e. The van der Waals surface area contributed by atoms with Gasteiger partial charge < -0.3 is 14.4 Å². The molecule has 114 valence electrons. The fourth-order valence-corrected chi connectivity index (χ4v) is 3.07. The van der Waals surface area contributed by atoms with Crippen molar-refractivity contribution in [2.75, 3.05) is 26.8 Å². The van der Waals surface area contributed by atoms with E-state index in [0.29, 0.717) is 0 Å². The van der Waals surface area contributed by atoms with E-state index in [9.17, 15) is 0 Å². The number of hydrogen-bond donors (Lipinski definition) is 0. The minimum atomic E-state index is -0.0237. The first kappa shape index (κ1) is 16.9. The van der Waals surface area contributed by atoms with Crippen molar-refractivity contribution in [1.82, 2.24) is 4.90 Å². The van der Waals surface area contributed by atoms with E-state index in [4.69, 9.17) is 9.47 Å². The topological polar surface area (TPSA) is 21.7 Å². The molecule has 0 N–H and O–H groups in total. The summed E-state index contributed by atoms with van der Waals surface area (Å²) in [6, 6.07) is 0.770. The fourth-order valence-electron chi connectivity index (χ4n) is 3.07. The van der Waals surface area contributed by atoms with Crippen LogP contribution in [0.2, 0.25) is 0 Å². The molecule has 0 aromatic rings. The van der Waals surface area contributed by atoms with E-state index in [1.165, 1.54) is 32.1 Å². The van der Waals surface area contributed by atoms with Crippen LogP contribution < -0.4 is 0 Å². The Morgan fingerprint density at radius 1 is 1.00 bits per heavy atom. The molecular formula is C16H33NO2. The molecule has 0 aromatic carbocycles. The van der Waals surface area contributed by atoms with Crippen LogP contribution in [0.15, 0.2) is 0 Å². The van der Waals surface area contributed by atoms with Crippen molar-refractivity contribution in [2.45, 2.75) is 71.6 Å². The Labute approximate surface area is 119 Å². The second-order valence-electron chi connectivity index (χ2n) is 5.69. The predicted octanol–water partition coefficient (Wildman–Crippen LogP) is 3.68. The van der Waals surface area contributed by atoms with Crippen LogP contribution in [0.4, 0.5) is 0 Å². The summed E-state index contributed by atoms with van der Waals surface area (Å²) >= 11 is 0. The number of hydrogen-bond acceptors (Lipinski definition) is 3. The first-order chi connectivity index (χ1) is 9.21. The highest BCUT2D eigenvalue weighted by molar-refractivity contribution is 4.77. The normalized spacial score (nSPS) is 24.3. The van der Waals surface area contributed by atoms with Crippen LogP contribution in [0.25, 0.3) is 0 Å². The molecule has 1 aliphatic carbocycles. The summed E-state index contributed by atoms with van der Waals surface area (Å²) in [6.45, 7) is 8.92. The molecule has 1 fully saturated rings. The molecule has 0 aliphatic heterocycles. The quantitative estimate of drug-likeness (QED) is 0.597. The monoisotopic (exact) mass is 271 g/mol. The Morgan fingerprint density at radius 3 is 2.05 bits per heavy atom. The van der Waals surface area contributed by atoms with E-state index in [1.54, 1.807) is 0 Å². The molecule has 0 heterocycles. The average Bonchev–Trinajstić information content (AvgIpc) is 2.45. The molecule has 1 saturated carbocycles. The van der Waals surface area contributed by atoms with E-state index in [1.807, 2.05) is 13.8 Å². The third kappa shape index (κ3) is 6.24. The second-order valence-corrected chi connectivity index (χ2v) is 5.69. The van der Waals surface area contributed by atoms with Crippen molar-refractivity contribution in [1.29, 1.82) is 0 Å². The summed E-state index contributed by atoms with van der Waals surface area (Å²) in [5.74, 6) is 0.976. The lowest BCUT2D eigenvalue weighted by molar-refractivity contribution is -0.142. The molecule has 0 saturated heterocycles. The first-order valence-corrected chi connectivity index (χ1v) is 8.14. The first-order valence-electron chi connectivity index (χ1n) is 8.14. The van der Waals surface area contributed by atoms with Gasteiger partial charge in [-0.15, -0.1) is 0 Å². The molecule has 0 bridgehead atoms. The summed E-state index contributed by atoms with van der Waals surface area (Å²) in [4.78, 5) is 2.51. The van der Waals surface area contributed by atoms with Crippen molar-refractivity contribution in [3.8, 4) is 0 Å². The molecule has 1 aliphatic rings. The van der Waals surface area contributed by atoms with Gasteiger partial charge in [0.1, 0.15) is 0 Å². The van der Waals surface area contributed by atoms with E-state index in [0.717, 1.165) is 38.1 Å². The van der Waals surface area contributed by atoms with Gasteiger partial charge in [-0.25, -0.2) is 0 Å². The Balaban J connectivity index is 2.24. The van der Waals surface area contributed by atoms with Gasteiger partial charge in [0.2, 0.25) is 0 Å². The zero-order valence-electron chi connectivity index (χ0n) is 13.4. The molecular weight excluding hydrogens is 238 g/mol. The Morgan fingerprint density at radius 2 is 1.58 bits per heavy atom. The molecule has 0 radical (unpaired) electrons. The third-order valence-corrected chi connectivity index (χ3v) is 4.44. The maximum atomic E-state index is 5.61. The predicted molar refractivity (Wildman–Crippen MR) is 80.3 cm³/mol. The zero-order chi connectivity index (χ0) is 14.1. The van der Waals surface area contributed by atoms with Crippen LogP contribution in [0.3, 0.4) is 0 Å². The van der Waals surface area contributed by atoms with Gasteiger partial charge in [0.05, 0.1) is 0 Å². The lowest BCUT2D eigenvalue weighted by Gasteiger charge is -2.35. The SMILES string of the molecule is CCOC(CCN(C)C1CCC(CC)CC1)OCC. The van der Waals surface area contributed by atoms with Crippen molar-refractivity contribution in [3.05, 3.63) is 0 Å². The molecule has 3 heteroatoms. The van der Waals surface area contributed by atoms with Crippen LogP contribution in [0.5, 0.6) is 0 Å². The van der Waals surface area contributed by atoms with Gasteiger partial charge in [0.15, 0.2) is 6.29 Å². The third-order valence-electron chi connectivity index (χ3n) is 4.44. The second kappa shape index (κ2) is 9.73. The van der Waals surface area contributed by atoms with Crippen molar-refractivity contribution >= 4 is 0 Å². The van der Waals surface area contributed by atoms with Gasteiger partial charge in [0.25, 0.3) is 0 Å². The summed E-state index contributed by atoms with van der Waals surface area (Å²) < 4.78 is 11.2. The number of nitrogens with zero attached hydrogens (tertiary/aromatic N) is 1. The standard InChI is InChI=1S/C16H33NO2/c1-5-14-8-10-15(11-9-14)17(4)13-12-16(18-6-2)19-7-3/h14-16H,5-13H2,1-4H3. The summed E-state index contributed by atoms with van der Waals surface area (Å²) in [5, 5.41) is 0. The minimum absolute atomic E-state index is 0.0237. The van der Waals surface area contributed by atoms with Crippen molar-refractivity contribution in [3.63, 3.8) is 0 Å². The maximum Gasteiger partial charge on any atom is 0.158 e. The van der Waals surface area contributed by atoms with Crippen molar-refractivity contribution < 1.29 is 9.47 Å². The molecule has 1 rings (SSSR count). The summed E-state index contributed by atoms with van der Waals surface area (Å²) in [5.41, 5.74) is 0. The van der Waals surface area contributed by atoms with E-state index in [-0.39, 0.29) is 6.29 Å². The molecule has 19 heavy (non-hydrogen) atoms. The van der Waals surface area contributed by atoms with Crippen LogP contribution >= 0.6 is 0 Å². The van der Waals surface area contributed by atoms with E-state index >= 15 is 0 Å². The average molecular weight is 271 g/mol. The highest BCUT2D eigenvalue weighted by atomic mass is 16.7. The molecule has 0 aromatic heterocycles. The Bertz CT molecular complexity index is 209. The lowest BCUT2D eigenvalue weighted by atomic mass is 9.84. The van der Waals surface area contributed by atoms with Gasteiger partial charge in [-0.2, -0.15) is 0 Å². The van der Waals surface area contributed by atoms with Crippen LogP contribution in [0.1, 0.15) is 59.3 Å². The van der Waals surface area contributed by atoms with E-state index < -0.39 is 0 Å². The van der Waals surface area contributed by atoms with Crippen LogP contribution in [-0.4, -0.2) is 44.0 Å². The van der Waals surface area contributed by atoms with Gasteiger partial charge in [-0.3, -0.25) is 0 Å². The van der Waals surface area contributed by atoms with Gasteiger partial charge in [-0.1, -0.05) is 13.3 Å². The number of ether oxygens (including phenoxy) is 2. The molecule has 0 unspecified atom stereocenters. The molecule has 0 amide bonds. The molecule has 0 atom stereocenters. The van der Waals surface area contributed by atoms with Crippen LogP contribution in [-0.2, 0) is 9.47 Å². The maximum absolute atomic E-state index is 5.61. The van der Waals surface area contributed by atoms with Gasteiger partial charge >= 0.3 is 0 Å². The van der Waals surface area contributed by atoms with Crippen LogP contribution in [0, 0.1) is 5.92 Å². The van der Waals surface area contributed by atoms with Gasteiger partial charge in [0, 0.05) is 32.2 Å². The highest BCUT2D eigenvalue weighted by Crippen LogP contribution is 2.29. The van der Waals surface area contributed by atoms with Gasteiger partial charge in [-0.05, 0) is 52.5 Å². The molecule has 0 spiro atoms. The Kier molecular flexibility index (Phi) is 8.67. The zero-order valence-corrected chi connectivity index (χ0v) is 13.4. The number of rotatable bonds is 9. The largest absolute Gasteiger partial charge is 0.353 e. The molecule has 3 nitrogen and oxygen atoms in total. The lowest BCUT2D eigenvalue weighted by Crippen LogP contribution is -2.37. The fraction of sp³-hybridized carbons (Fsp3) is 1.00. The van der Waals surface area contributed by atoms with Crippen molar-refractivity contribution in [2.24, 2.45) is 5.92 Å². The van der Waals surface area contributed by atoms with E-state index in [2.05, 4.69) is 18.9 Å². The smallest absolute Gasteiger partial charge is 0.158 e. The Hall–Kier alpha value is -0.120. The summed E-state index contributed by atoms with van der Waals surface area (Å²) in [7, 11) is 2.26.